The first-order valence-corrected chi connectivity index (χ1v) is 6.77. The van der Waals surface area contributed by atoms with E-state index in [2.05, 4.69) is 23.1 Å². The van der Waals surface area contributed by atoms with Crippen LogP contribution in [0.2, 0.25) is 0 Å². The molecule has 0 saturated heterocycles. The number of rotatable bonds is 2. The first-order chi connectivity index (χ1) is 8.38. The largest absolute Gasteiger partial charge is 0.496 e. The molecule has 1 fully saturated rings. The van der Waals surface area contributed by atoms with E-state index in [0.29, 0.717) is 0 Å². The molecule has 1 aromatic rings. The molecule has 1 heterocycles. The van der Waals surface area contributed by atoms with Gasteiger partial charge in [0.15, 0.2) is 0 Å². The number of nitrogens with zero attached hydrogens (tertiary/aromatic N) is 1. The molecule has 0 atom stereocenters. The van der Waals surface area contributed by atoms with Crippen molar-refractivity contribution in [2.45, 2.75) is 44.7 Å². The molecule has 1 aromatic carbocycles. The molecule has 3 rings (SSSR count). The smallest absolute Gasteiger partial charge is 0.123 e. The number of hydrogen-bond donors (Lipinski definition) is 0. The molecule has 1 saturated carbocycles. The minimum Gasteiger partial charge on any atom is -0.496 e. The predicted molar refractivity (Wildman–Crippen MR) is 69.4 cm³/mol. The van der Waals surface area contributed by atoms with Crippen molar-refractivity contribution >= 4 is 0 Å². The Morgan fingerprint density at radius 2 is 2.06 bits per heavy atom. The van der Waals surface area contributed by atoms with E-state index < -0.39 is 0 Å². The zero-order valence-corrected chi connectivity index (χ0v) is 10.6. The van der Waals surface area contributed by atoms with Crippen LogP contribution < -0.4 is 4.74 Å². The fraction of sp³-hybridized carbons (Fsp3) is 0.600. The number of methoxy groups -OCH3 is 1. The Kier molecular flexibility index (Phi) is 3.06. The molecular formula is C15H21NO. The Balaban J connectivity index is 1.83. The van der Waals surface area contributed by atoms with Crippen LogP contribution in [0.1, 0.15) is 36.8 Å². The molecule has 92 valence electrons. The third-order valence-electron chi connectivity index (χ3n) is 4.32. The van der Waals surface area contributed by atoms with Gasteiger partial charge in [-0.15, -0.1) is 0 Å². The summed E-state index contributed by atoms with van der Waals surface area (Å²) in [5.41, 5.74) is 2.91. The summed E-state index contributed by atoms with van der Waals surface area (Å²) in [5.74, 6) is 1.07. The first-order valence-electron chi connectivity index (χ1n) is 6.77. The zero-order valence-electron chi connectivity index (χ0n) is 10.6. The molecule has 0 spiro atoms. The van der Waals surface area contributed by atoms with Crippen LogP contribution in [0.3, 0.4) is 0 Å². The maximum absolute atomic E-state index is 5.50. The molecule has 1 aliphatic heterocycles. The van der Waals surface area contributed by atoms with Gasteiger partial charge in [-0.25, -0.2) is 0 Å². The minimum absolute atomic E-state index is 0.827. The van der Waals surface area contributed by atoms with Crippen molar-refractivity contribution in [1.82, 2.24) is 4.90 Å². The highest BCUT2D eigenvalue weighted by Gasteiger charge is 2.27. The van der Waals surface area contributed by atoms with Crippen LogP contribution in [0.25, 0.3) is 0 Å². The molecule has 2 aliphatic rings. The first kappa shape index (κ1) is 11.1. The van der Waals surface area contributed by atoms with E-state index in [9.17, 15) is 0 Å². The van der Waals surface area contributed by atoms with Gasteiger partial charge in [0.2, 0.25) is 0 Å². The molecular weight excluding hydrogens is 210 g/mol. The van der Waals surface area contributed by atoms with Crippen molar-refractivity contribution in [3.8, 4) is 5.75 Å². The van der Waals surface area contributed by atoms with Gasteiger partial charge in [0, 0.05) is 24.7 Å². The summed E-state index contributed by atoms with van der Waals surface area (Å²) in [6, 6.07) is 7.29. The number of hydrogen-bond acceptors (Lipinski definition) is 2. The van der Waals surface area contributed by atoms with Gasteiger partial charge in [-0.3, -0.25) is 4.90 Å². The van der Waals surface area contributed by atoms with Crippen molar-refractivity contribution in [2.24, 2.45) is 0 Å². The Morgan fingerprint density at radius 3 is 2.82 bits per heavy atom. The number of benzene rings is 1. The average Bonchev–Trinajstić information content (AvgIpc) is 2.91. The number of ether oxygens (including phenoxy) is 1. The lowest BCUT2D eigenvalue weighted by Gasteiger charge is -2.34. The predicted octanol–water partition coefficient (Wildman–Crippen LogP) is 3.00. The van der Waals surface area contributed by atoms with Gasteiger partial charge in [0.25, 0.3) is 0 Å². The van der Waals surface area contributed by atoms with Gasteiger partial charge < -0.3 is 4.74 Å². The zero-order chi connectivity index (χ0) is 11.7. The second-order valence-corrected chi connectivity index (χ2v) is 5.26. The topological polar surface area (TPSA) is 12.5 Å². The van der Waals surface area contributed by atoms with E-state index in [4.69, 9.17) is 4.74 Å². The van der Waals surface area contributed by atoms with E-state index in [1.54, 1.807) is 7.11 Å². The molecule has 0 amide bonds. The third kappa shape index (κ3) is 2.06. The summed E-state index contributed by atoms with van der Waals surface area (Å²) in [4.78, 5) is 2.66. The highest BCUT2D eigenvalue weighted by molar-refractivity contribution is 5.41. The lowest BCUT2D eigenvalue weighted by molar-refractivity contribution is 0.178. The van der Waals surface area contributed by atoms with Gasteiger partial charge in [0.1, 0.15) is 5.75 Å². The minimum atomic E-state index is 0.827. The highest BCUT2D eigenvalue weighted by Crippen LogP contribution is 2.32. The highest BCUT2D eigenvalue weighted by atomic mass is 16.5. The normalized spacial score (nSPS) is 21.5. The molecule has 17 heavy (non-hydrogen) atoms. The Labute approximate surface area is 104 Å². The monoisotopic (exact) mass is 231 g/mol. The second-order valence-electron chi connectivity index (χ2n) is 5.26. The van der Waals surface area contributed by atoms with Crippen LogP contribution in [0, 0.1) is 0 Å². The van der Waals surface area contributed by atoms with Gasteiger partial charge in [-0.05, 0) is 30.9 Å². The summed E-state index contributed by atoms with van der Waals surface area (Å²) in [6.07, 6.45) is 6.80. The van der Waals surface area contributed by atoms with Gasteiger partial charge >= 0.3 is 0 Å². The molecule has 0 aromatic heterocycles. The van der Waals surface area contributed by atoms with Crippen molar-refractivity contribution < 1.29 is 4.74 Å². The summed E-state index contributed by atoms with van der Waals surface area (Å²) >= 11 is 0. The van der Waals surface area contributed by atoms with Crippen molar-refractivity contribution in [1.29, 1.82) is 0 Å². The maximum Gasteiger partial charge on any atom is 0.123 e. The molecule has 0 unspecified atom stereocenters. The maximum atomic E-state index is 5.50. The standard InChI is InChI=1S/C15H21NO/c1-17-15-8-4-5-12-9-10-16(11-14(12)15)13-6-2-3-7-13/h4-5,8,13H,2-3,6-7,9-11H2,1H3. The van der Waals surface area contributed by atoms with Crippen LogP contribution in [0.5, 0.6) is 5.75 Å². The number of fused-ring (bicyclic) bond motifs is 1. The van der Waals surface area contributed by atoms with E-state index in [1.807, 2.05) is 0 Å². The lowest BCUT2D eigenvalue weighted by Crippen LogP contribution is -2.37. The molecule has 0 radical (unpaired) electrons. The third-order valence-corrected chi connectivity index (χ3v) is 4.32. The van der Waals surface area contributed by atoms with E-state index in [-0.39, 0.29) is 0 Å². The van der Waals surface area contributed by atoms with Gasteiger partial charge in [-0.1, -0.05) is 25.0 Å². The molecule has 0 N–H and O–H groups in total. The molecule has 2 heteroatoms. The summed E-state index contributed by atoms with van der Waals surface area (Å²) in [5, 5.41) is 0. The SMILES string of the molecule is COc1cccc2c1CN(C1CCCC1)CC2. The van der Waals surface area contributed by atoms with Crippen LogP contribution in [0.15, 0.2) is 18.2 Å². The van der Waals surface area contributed by atoms with Gasteiger partial charge in [-0.2, -0.15) is 0 Å². The summed E-state index contributed by atoms with van der Waals surface area (Å²) in [7, 11) is 1.78. The van der Waals surface area contributed by atoms with E-state index >= 15 is 0 Å². The average molecular weight is 231 g/mol. The molecule has 1 aliphatic carbocycles. The van der Waals surface area contributed by atoms with E-state index in [1.165, 1.54) is 49.8 Å². The van der Waals surface area contributed by atoms with Crippen molar-refractivity contribution in [2.75, 3.05) is 13.7 Å². The van der Waals surface area contributed by atoms with Crippen LogP contribution >= 0.6 is 0 Å². The van der Waals surface area contributed by atoms with Crippen LogP contribution in [0.4, 0.5) is 0 Å². The second kappa shape index (κ2) is 4.69. The van der Waals surface area contributed by atoms with Crippen LogP contribution in [-0.4, -0.2) is 24.6 Å². The van der Waals surface area contributed by atoms with Crippen molar-refractivity contribution in [3.63, 3.8) is 0 Å². The fourth-order valence-corrected chi connectivity index (χ4v) is 3.34. The van der Waals surface area contributed by atoms with Crippen molar-refractivity contribution in [3.05, 3.63) is 29.3 Å². The Hall–Kier alpha value is -1.02. The summed E-state index contributed by atoms with van der Waals surface area (Å²) in [6.45, 7) is 2.31. The summed E-state index contributed by atoms with van der Waals surface area (Å²) < 4.78 is 5.50. The van der Waals surface area contributed by atoms with E-state index in [0.717, 1.165) is 18.3 Å². The molecule has 2 nitrogen and oxygen atoms in total. The quantitative estimate of drug-likeness (QED) is 0.776. The Morgan fingerprint density at radius 1 is 1.24 bits per heavy atom. The lowest BCUT2D eigenvalue weighted by atomic mass is 9.97. The van der Waals surface area contributed by atoms with Gasteiger partial charge in [0.05, 0.1) is 7.11 Å². The van der Waals surface area contributed by atoms with Crippen LogP contribution in [-0.2, 0) is 13.0 Å². The Bertz CT molecular complexity index is 382. The molecule has 0 bridgehead atoms. The fourth-order valence-electron chi connectivity index (χ4n) is 3.34.